The molecule has 1 saturated heterocycles. The Morgan fingerprint density at radius 1 is 1.17 bits per heavy atom. The van der Waals surface area contributed by atoms with E-state index < -0.39 is 0 Å². The van der Waals surface area contributed by atoms with E-state index in [1.807, 2.05) is 6.07 Å². The molecule has 1 aromatic rings. The third-order valence-corrected chi connectivity index (χ3v) is 5.03. The van der Waals surface area contributed by atoms with Crippen molar-refractivity contribution in [3.63, 3.8) is 0 Å². The van der Waals surface area contributed by atoms with Crippen molar-refractivity contribution in [1.29, 1.82) is 0 Å². The number of hydrogen-bond acceptors (Lipinski definition) is 5. The van der Waals surface area contributed by atoms with Crippen molar-refractivity contribution in [2.24, 2.45) is 5.92 Å². The van der Waals surface area contributed by atoms with Gasteiger partial charge in [-0.3, -0.25) is 9.69 Å². The van der Waals surface area contributed by atoms with Gasteiger partial charge in [-0.15, -0.1) is 0 Å². The van der Waals surface area contributed by atoms with E-state index in [1.165, 1.54) is 19.3 Å². The third-order valence-electron chi connectivity index (χ3n) is 5.03. The second kappa shape index (κ2) is 7.73. The number of carbonyl (C=O) groups excluding carboxylic acids is 1. The zero-order chi connectivity index (χ0) is 16.1. The standard InChI is InChI=1S/C17H27N5O/c1-14-5-2-3-6-15(14)20-16(23)13-21-9-11-22(12-10-21)17-18-7-4-8-19-17/h4,7-8,14-15H,2-3,5-6,9-13H2,1H3,(H,20,23)/t14-,15-/m0/s1. The molecular weight excluding hydrogens is 290 g/mol. The van der Waals surface area contributed by atoms with Gasteiger partial charge < -0.3 is 10.2 Å². The summed E-state index contributed by atoms with van der Waals surface area (Å²) in [6, 6.07) is 2.20. The molecule has 1 aliphatic heterocycles. The number of hydrogen-bond donors (Lipinski definition) is 1. The maximum atomic E-state index is 12.3. The van der Waals surface area contributed by atoms with Gasteiger partial charge in [-0.25, -0.2) is 9.97 Å². The zero-order valence-corrected chi connectivity index (χ0v) is 13.9. The van der Waals surface area contributed by atoms with E-state index in [9.17, 15) is 4.79 Å². The molecule has 23 heavy (non-hydrogen) atoms. The molecule has 6 nitrogen and oxygen atoms in total. The van der Waals surface area contributed by atoms with Gasteiger partial charge >= 0.3 is 0 Å². The number of aromatic nitrogens is 2. The molecule has 1 N–H and O–H groups in total. The number of piperazine rings is 1. The Bertz CT molecular complexity index is 501. The maximum absolute atomic E-state index is 12.3. The average molecular weight is 317 g/mol. The summed E-state index contributed by atoms with van der Waals surface area (Å²) < 4.78 is 0. The molecule has 0 unspecified atom stereocenters. The number of nitrogens with one attached hydrogen (secondary N) is 1. The molecule has 0 aromatic carbocycles. The Hall–Kier alpha value is -1.69. The number of nitrogens with zero attached hydrogens (tertiary/aromatic N) is 4. The molecule has 1 amide bonds. The normalized spacial score (nSPS) is 26.0. The highest BCUT2D eigenvalue weighted by Crippen LogP contribution is 2.23. The van der Waals surface area contributed by atoms with Gasteiger partial charge in [-0.05, 0) is 24.8 Å². The van der Waals surface area contributed by atoms with E-state index >= 15 is 0 Å². The van der Waals surface area contributed by atoms with Gasteiger partial charge in [0.05, 0.1) is 6.54 Å². The highest BCUT2D eigenvalue weighted by atomic mass is 16.2. The predicted molar refractivity (Wildman–Crippen MR) is 90.2 cm³/mol. The van der Waals surface area contributed by atoms with Crippen LogP contribution in [0.2, 0.25) is 0 Å². The van der Waals surface area contributed by atoms with Gasteiger partial charge in [0.15, 0.2) is 0 Å². The van der Waals surface area contributed by atoms with Crippen molar-refractivity contribution < 1.29 is 4.79 Å². The Morgan fingerprint density at radius 3 is 2.57 bits per heavy atom. The Morgan fingerprint density at radius 2 is 1.87 bits per heavy atom. The number of carbonyl (C=O) groups is 1. The quantitative estimate of drug-likeness (QED) is 0.907. The summed E-state index contributed by atoms with van der Waals surface area (Å²) in [5, 5.41) is 3.24. The van der Waals surface area contributed by atoms with E-state index in [0.29, 0.717) is 18.5 Å². The first-order valence-electron chi connectivity index (χ1n) is 8.76. The van der Waals surface area contributed by atoms with Crippen molar-refractivity contribution in [3.05, 3.63) is 18.5 Å². The van der Waals surface area contributed by atoms with Gasteiger partial charge in [0, 0.05) is 44.6 Å². The predicted octanol–water partition coefficient (Wildman–Crippen LogP) is 1.29. The van der Waals surface area contributed by atoms with E-state index in [1.54, 1.807) is 12.4 Å². The first kappa shape index (κ1) is 16.2. The molecule has 2 fully saturated rings. The number of amides is 1. The Labute approximate surface area is 138 Å². The van der Waals surface area contributed by atoms with Crippen LogP contribution in [0, 0.1) is 5.92 Å². The van der Waals surface area contributed by atoms with Crippen LogP contribution in [-0.2, 0) is 4.79 Å². The summed E-state index contributed by atoms with van der Waals surface area (Å²) in [7, 11) is 0. The second-order valence-corrected chi connectivity index (χ2v) is 6.75. The lowest BCUT2D eigenvalue weighted by Gasteiger charge is -2.35. The molecule has 0 bridgehead atoms. The third kappa shape index (κ3) is 4.41. The lowest BCUT2D eigenvalue weighted by atomic mass is 9.86. The van der Waals surface area contributed by atoms with E-state index in [2.05, 4.69) is 32.0 Å². The average Bonchev–Trinajstić information content (AvgIpc) is 2.58. The lowest BCUT2D eigenvalue weighted by molar-refractivity contribution is -0.123. The molecule has 0 spiro atoms. The number of rotatable bonds is 4. The first-order valence-corrected chi connectivity index (χ1v) is 8.76. The van der Waals surface area contributed by atoms with Crippen LogP contribution in [-0.4, -0.2) is 59.5 Å². The summed E-state index contributed by atoms with van der Waals surface area (Å²) >= 11 is 0. The largest absolute Gasteiger partial charge is 0.352 e. The fourth-order valence-corrected chi connectivity index (χ4v) is 3.55. The molecule has 6 heteroatoms. The van der Waals surface area contributed by atoms with E-state index in [0.717, 1.165) is 38.5 Å². The van der Waals surface area contributed by atoms with Crippen LogP contribution in [0.4, 0.5) is 5.95 Å². The molecule has 1 saturated carbocycles. The zero-order valence-electron chi connectivity index (χ0n) is 13.9. The monoisotopic (exact) mass is 317 g/mol. The van der Waals surface area contributed by atoms with Crippen LogP contribution in [0.1, 0.15) is 32.6 Å². The summed E-state index contributed by atoms with van der Waals surface area (Å²) in [5.74, 6) is 1.57. The minimum atomic E-state index is 0.174. The maximum Gasteiger partial charge on any atom is 0.234 e. The summed E-state index contributed by atoms with van der Waals surface area (Å²) in [5.41, 5.74) is 0. The van der Waals surface area contributed by atoms with Crippen LogP contribution in [0.3, 0.4) is 0 Å². The van der Waals surface area contributed by atoms with Crippen LogP contribution < -0.4 is 10.2 Å². The lowest BCUT2D eigenvalue weighted by Crippen LogP contribution is -2.51. The first-order chi connectivity index (χ1) is 11.2. The van der Waals surface area contributed by atoms with Crippen LogP contribution in [0.15, 0.2) is 18.5 Å². The van der Waals surface area contributed by atoms with Gasteiger partial charge in [0.1, 0.15) is 0 Å². The molecule has 126 valence electrons. The highest BCUT2D eigenvalue weighted by Gasteiger charge is 2.25. The molecule has 2 aliphatic rings. The fraction of sp³-hybridized carbons (Fsp3) is 0.706. The van der Waals surface area contributed by atoms with Crippen molar-refractivity contribution >= 4 is 11.9 Å². The van der Waals surface area contributed by atoms with Crippen LogP contribution in [0.25, 0.3) is 0 Å². The SMILES string of the molecule is C[C@H]1CCCC[C@@H]1NC(=O)CN1CCN(c2ncccn2)CC1. The van der Waals surface area contributed by atoms with Crippen molar-refractivity contribution in [3.8, 4) is 0 Å². The second-order valence-electron chi connectivity index (χ2n) is 6.75. The summed E-state index contributed by atoms with van der Waals surface area (Å²) in [4.78, 5) is 25.3. The molecule has 1 aliphatic carbocycles. The van der Waals surface area contributed by atoms with E-state index in [-0.39, 0.29) is 5.91 Å². The molecule has 3 rings (SSSR count). The summed E-state index contributed by atoms with van der Waals surface area (Å²) in [6.07, 6.45) is 8.45. The molecule has 2 atom stereocenters. The Balaban J connectivity index is 1.42. The highest BCUT2D eigenvalue weighted by molar-refractivity contribution is 5.78. The van der Waals surface area contributed by atoms with E-state index in [4.69, 9.17) is 0 Å². The molecular formula is C17H27N5O. The molecule has 0 radical (unpaired) electrons. The topological polar surface area (TPSA) is 61.4 Å². The van der Waals surface area contributed by atoms with Gasteiger partial charge in [0.25, 0.3) is 0 Å². The number of anilines is 1. The molecule has 2 heterocycles. The van der Waals surface area contributed by atoms with Gasteiger partial charge in [0.2, 0.25) is 11.9 Å². The van der Waals surface area contributed by atoms with Crippen molar-refractivity contribution in [2.45, 2.75) is 38.6 Å². The van der Waals surface area contributed by atoms with Gasteiger partial charge in [-0.1, -0.05) is 19.8 Å². The van der Waals surface area contributed by atoms with Crippen LogP contribution in [0.5, 0.6) is 0 Å². The smallest absolute Gasteiger partial charge is 0.234 e. The fourth-order valence-electron chi connectivity index (χ4n) is 3.55. The molecule has 1 aromatic heterocycles. The minimum absolute atomic E-state index is 0.174. The van der Waals surface area contributed by atoms with Crippen molar-refractivity contribution in [1.82, 2.24) is 20.2 Å². The Kier molecular flexibility index (Phi) is 5.43. The van der Waals surface area contributed by atoms with Crippen molar-refractivity contribution in [2.75, 3.05) is 37.6 Å². The van der Waals surface area contributed by atoms with Gasteiger partial charge in [-0.2, -0.15) is 0 Å². The van der Waals surface area contributed by atoms with Crippen LogP contribution >= 0.6 is 0 Å². The summed E-state index contributed by atoms with van der Waals surface area (Å²) in [6.45, 7) is 6.27. The minimum Gasteiger partial charge on any atom is -0.352 e.